The molecule has 3 heterocycles. The maximum Gasteiger partial charge on any atom is 0.247 e. The van der Waals surface area contributed by atoms with Crippen molar-refractivity contribution in [2.75, 3.05) is 71.1 Å². The van der Waals surface area contributed by atoms with E-state index in [4.69, 9.17) is 4.74 Å². The van der Waals surface area contributed by atoms with Crippen LogP contribution in [0.25, 0.3) is 0 Å². The molecule has 3 fully saturated rings. The highest BCUT2D eigenvalue weighted by molar-refractivity contribution is 5.98. The molecule has 2 amide bonds. The fourth-order valence-corrected chi connectivity index (χ4v) is 4.86. The average Bonchev–Trinajstić information content (AvgIpc) is 3.13. The molecule has 0 radical (unpaired) electrons. The number of piperidine rings is 1. The zero-order valence-corrected chi connectivity index (χ0v) is 18.0. The summed E-state index contributed by atoms with van der Waals surface area (Å²) in [7, 11) is 1.68. The van der Waals surface area contributed by atoms with Crippen LogP contribution in [0.5, 0.6) is 0 Å². The molecule has 3 atom stereocenters. The van der Waals surface area contributed by atoms with Crippen molar-refractivity contribution in [3.8, 4) is 0 Å². The van der Waals surface area contributed by atoms with Gasteiger partial charge in [-0.05, 0) is 18.7 Å². The maximum atomic E-state index is 13.5. The van der Waals surface area contributed by atoms with Gasteiger partial charge in [0.05, 0.1) is 30.2 Å². The number of benzene rings is 1. The summed E-state index contributed by atoms with van der Waals surface area (Å²) in [6.07, 6.45) is 0. The van der Waals surface area contributed by atoms with Crippen molar-refractivity contribution >= 4 is 17.5 Å². The zero-order chi connectivity index (χ0) is 21.1. The van der Waals surface area contributed by atoms with E-state index in [9.17, 15) is 9.59 Å². The van der Waals surface area contributed by atoms with E-state index in [1.807, 2.05) is 35.2 Å². The number of para-hydroxylation sites is 1. The fourth-order valence-electron chi connectivity index (χ4n) is 4.86. The average molecular weight is 416 g/mol. The molecule has 3 aliphatic rings. The molecule has 0 aromatic heterocycles. The summed E-state index contributed by atoms with van der Waals surface area (Å²) >= 11 is 0. The van der Waals surface area contributed by atoms with Crippen LogP contribution in [0.1, 0.15) is 6.92 Å². The van der Waals surface area contributed by atoms with Gasteiger partial charge < -0.3 is 14.5 Å². The minimum absolute atomic E-state index is 0.0434. The van der Waals surface area contributed by atoms with Crippen LogP contribution in [0, 0.1) is 11.8 Å². The van der Waals surface area contributed by atoms with E-state index in [2.05, 4.69) is 22.1 Å². The van der Waals surface area contributed by atoms with Crippen molar-refractivity contribution in [1.82, 2.24) is 20.1 Å². The number of likely N-dealkylation sites (tertiary alicyclic amines) is 1. The molecule has 164 valence electrons. The van der Waals surface area contributed by atoms with Crippen molar-refractivity contribution in [1.29, 1.82) is 0 Å². The van der Waals surface area contributed by atoms with Crippen LogP contribution < -0.4 is 10.4 Å². The molecule has 0 saturated carbocycles. The van der Waals surface area contributed by atoms with Gasteiger partial charge in [-0.3, -0.25) is 14.5 Å². The third-order valence-electron chi connectivity index (χ3n) is 6.67. The van der Waals surface area contributed by atoms with Crippen molar-refractivity contribution in [3.05, 3.63) is 30.3 Å². The van der Waals surface area contributed by atoms with Gasteiger partial charge in [0.2, 0.25) is 11.8 Å². The number of likely N-dealkylation sites (N-methyl/N-ethyl adjacent to an activating group) is 1. The minimum Gasteiger partial charge on any atom is -0.383 e. The van der Waals surface area contributed by atoms with Crippen LogP contribution in [-0.4, -0.2) is 98.6 Å². The topological polar surface area (TPSA) is 68.4 Å². The summed E-state index contributed by atoms with van der Waals surface area (Å²) in [6, 6.07) is 9.46. The van der Waals surface area contributed by atoms with Crippen LogP contribution in [0.3, 0.4) is 0 Å². The van der Waals surface area contributed by atoms with E-state index in [-0.39, 0.29) is 29.7 Å². The van der Waals surface area contributed by atoms with Gasteiger partial charge in [0.25, 0.3) is 0 Å². The lowest BCUT2D eigenvalue weighted by molar-refractivity contribution is -0.141. The SMILES string of the molecule is CCN1CCN(C(=O)C2CN(CCOC)CC3C(=O)N(c4ccccc4)NC23)CC1. The minimum atomic E-state index is -0.244. The van der Waals surface area contributed by atoms with Crippen LogP contribution >= 0.6 is 0 Å². The molecular weight excluding hydrogens is 382 g/mol. The molecular formula is C22H33N5O3. The summed E-state index contributed by atoms with van der Waals surface area (Å²) in [5, 5.41) is 1.64. The summed E-state index contributed by atoms with van der Waals surface area (Å²) < 4.78 is 5.26. The predicted molar refractivity (Wildman–Crippen MR) is 115 cm³/mol. The number of piperazine rings is 1. The van der Waals surface area contributed by atoms with Gasteiger partial charge in [0.15, 0.2) is 0 Å². The van der Waals surface area contributed by atoms with E-state index in [0.717, 1.165) is 45.0 Å². The Morgan fingerprint density at radius 2 is 1.83 bits per heavy atom. The van der Waals surface area contributed by atoms with Gasteiger partial charge in [-0.15, -0.1) is 0 Å². The van der Waals surface area contributed by atoms with Crippen LogP contribution in [0.15, 0.2) is 30.3 Å². The number of anilines is 1. The lowest BCUT2D eigenvalue weighted by Crippen LogP contribution is -2.60. The number of methoxy groups -OCH3 is 1. The highest BCUT2D eigenvalue weighted by Crippen LogP contribution is 2.32. The number of fused-ring (bicyclic) bond motifs is 1. The molecule has 8 heteroatoms. The highest BCUT2D eigenvalue weighted by atomic mass is 16.5. The smallest absolute Gasteiger partial charge is 0.247 e. The molecule has 1 aromatic carbocycles. The Morgan fingerprint density at radius 3 is 2.50 bits per heavy atom. The standard InChI is InChI=1S/C22H33N5O3/c1-3-24-9-11-26(12-10-24)21(28)18-15-25(13-14-30-2)16-19-20(18)23-27(22(19)29)17-7-5-4-6-8-17/h4-8,18-20,23H,3,9-16H2,1-2H3. The molecule has 3 aliphatic heterocycles. The number of carbonyl (C=O) groups is 2. The number of rotatable bonds is 6. The van der Waals surface area contributed by atoms with E-state index in [1.165, 1.54) is 0 Å². The number of hydrogen-bond acceptors (Lipinski definition) is 6. The van der Waals surface area contributed by atoms with Gasteiger partial charge in [0, 0.05) is 52.9 Å². The summed E-state index contributed by atoms with van der Waals surface area (Å²) in [4.78, 5) is 33.4. The number of amides is 2. The molecule has 0 aliphatic carbocycles. The number of ether oxygens (including phenoxy) is 1. The largest absolute Gasteiger partial charge is 0.383 e. The Bertz CT molecular complexity index is 738. The summed E-state index contributed by atoms with van der Waals surface area (Å²) in [6.45, 7) is 9.15. The number of nitrogens with zero attached hydrogens (tertiary/aromatic N) is 4. The van der Waals surface area contributed by atoms with E-state index in [0.29, 0.717) is 19.7 Å². The van der Waals surface area contributed by atoms with Crippen LogP contribution in [-0.2, 0) is 14.3 Å². The Morgan fingerprint density at radius 1 is 1.10 bits per heavy atom. The molecule has 4 rings (SSSR count). The quantitative estimate of drug-likeness (QED) is 0.719. The van der Waals surface area contributed by atoms with Crippen LogP contribution in [0.4, 0.5) is 5.69 Å². The molecule has 1 aromatic rings. The Labute approximate surface area is 178 Å². The summed E-state index contributed by atoms with van der Waals surface area (Å²) in [5.74, 6) is -0.270. The predicted octanol–water partition coefficient (Wildman–Crippen LogP) is 0.265. The molecule has 0 spiro atoms. The number of carbonyl (C=O) groups excluding carboxylic acids is 2. The second-order valence-corrected chi connectivity index (χ2v) is 8.39. The van der Waals surface area contributed by atoms with E-state index in [1.54, 1.807) is 12.1 Å². The number of nitrogens with one attached hydrogen (secondary N) is 1. The first kappa shape index (κ1) is 21.2. The van der Waals surface area contributed by atoms with E-state index < -0.39 is 0 Å². The van der Waals surface area contributed by atoms with Gasteiger partial charge in [-0.2, -0.15) is 0 Å². The lowest BCUT2D eigenvalue weighted by atomic mass is 9.83. The summed E-state index contributed by atoms with van der Waals surface area (Å²) in [5.41, 5.74) is 4.22. The first-order chi connectivity index (χ1) is 14.6. The Balaban J connectivity index is 1.53. The molecule has 0 bridgehead atoms. The normalized spacial score (nSPS) is 28.1. The van der Waals surface area contributed by atoms with Gasteiger partial charge in [-0.25, -0.2) is 10.4 Å². The van der Waals surface area contributed by atoms with Gasteiger partial charge in [-0.1, -0.05) is 25.1 Å². The van der Waals surface area contributed by atoms with Gasteiger partial charge in [0.1, 0.15) is 0 Å². The van der Waals surface area contributed by atoms with E-state index >= 15 is 0 Å². The molecule has 8 nitrogen and oxygen atoms in total. The number of hydrogen-bond donors (Lipinski definition) is 1. The van der Waals surface area contributed by atoms with Crippen molar-refractivity contribution in [2.45, 2.75) is 13.0 Å². The van der Waals surface area contributed by atoms with Gasteiger partial charge >= 0.3 is 0 Å². The molecule has 3 saturated heterocycles. The highest BCUT2D eigenvalue weighted by Gasteiger charge is 2.51. The van der Waals surface area contributed by atoms with Crippen molar-refractivity contribution in [2.24, 2.45) is 11.8 Å². The van der Waals surface area contributed by atoms with Crippen molar-refractivity contribution < 1.29 is 14.3 Å². The molecule has 3 unspecified atom stereocenters. The second-order valence-electron chi connectivity index (χ2n) is 8.39. The van der Waals surface area contributed by atoms with Crippen molar-refractivity contribution in [3.63, 3.8) is 0 Å². The second kappa shape index (κ2) is 9.43. The molecule has 1 N–H and O–H groups in total. The third kappa shape index (κ3) is 4.23. The fraction of sp³-hybridized carbons (Fsp3) is 0.636. The van der Waals surface area contributed by atoms with Crippen LogP contribution in [0.2, 0.25) is 0 Å². The Hall–Kier alpha value is -2.00. The maximum absolute atomic E-state index is 13.5. The number of hydrazine groups is 1. The zero-order valence-electron chi connectivity index (χ0n) is 18.0. The Kier molecular flexibility index (Phi) is 6.67. The lowest BCUT2D eigenvalue weighted by Gasteiger charge is -2.42. The first-order valence-corrected chi connectivity index (χ1v) is 11.0. The third-order valence-corrected chi connectivity index (χ3v) is 6.67. The first-order valence-electron chi connectivity index (χ1n) is 11.0. The molecule has 30 heavy (non-hydrogen) atoms. The monoisotopic (exact) mass is 415 g/mol.